The lowest BCUT2D eigenvalue weighted by molar-refractivity contribution is 0.0224. The molecule has 1 aromatic carbocycles. The molecule has 0 saturated heterocycles. The Kier molecular flexibility index (Phi) is 3.76. The number of fused-ring (bicyclic) bond motifs is 1. The maximum atomic E-state index is 12.1. The second-order valence-corrected chi connectivity index (χ2v) is 6.70. The molecule has 0 radical (unpaired) electrons. The van der Waals surface area contributed by atoms with Crippen LogP contribution in [0.1, 0.15) is 31.9 Å². The third kappa shape index (κ3) is 3.41. The summed E-state index contributed by atoms with van der Waals surface area (Å²) in [5.74, 6) is 0. The summed E-state index contributed by atoms with van der Waals surface area (Å²) in [6.07, 6.45) is 0.505. The number of carbonyl (C=O) groups excluding carboxylic acids is 1. The van der Waals surface area contributed by atoms with Crippen molar-refractivity contribution in [2.45, 2.75) is 39.3 Å². The summed E-state index contributed by atoms with van der Waals surface area (Å²) < 4.78 is 6.34. The summed E-state index contributed by atoms with van der Waals surface area (Å²) in [5.41, 5.74) is 8.55. The van der Waals surface area contributed by atoms with Crippen LogP contribution in [0.25, 0.3) is 0 Å². The first-order valence-corrected chi connectivity index (χ1v) is 7.10. The Morgan fingerprint density at radius 3 is 2.74 bits per heavy atom. The van der Waals surface area contributed by atoms with E-state index in [0.29, 0.717) is 13.1 Å². The van der Waals surface area contributed by atoms with E-state index < -0.39 is 5.60 Å². The number of ether oxygens (including phenoxy) is 1. The third-order valence-electron chi connectivity index (χ3n) is 2.99. The molecule has 0 fully saturated rings. The van der Waals surface area contributed by atoms with Gasteiger partial charge in [0.2, 0.25) is 0 Å². The Balaban J connectivity index is 2.16. The van der Waals surface area contributed by atoms with Crippen LogP contribution in [0.15, 0.2) is 16.6 Å². The molecular formula is C14H19BrN2O2. The molecule has 0 aromatic heterocycles. The van der Waals surface area contributed by atoms with Crippen molar-refractivity contribution >= 4 is 27.7 Å². The van der Waals surface area contributed by atoms with Crippen molar-refractivity contribution in [1.29, 1.82) is 0 Å². The van der Waals surface area contributed by atoms with Gasteiger partial charge in [-0.25, -0.2) is 4.79 Å². The summed E-state index contributed by atoms with van der Waals surface area (Å²) >= 11 is 3.43. The minimum absolute atomic E-state index is 0.267. The molecular weight excluding hydrogens is 308 g/mol. The van der Waals surface area contributed by atoms with Gasteiger partial charge in [0, 0.05) is 23.2 Å². The molecule has 1 heterocycles. The normalized spacial score (nSPS) is 15.1. The number of hydrogen-bond donors (Lipinski definition) is 1. The van der Waals surface area contributed by atoms with E-state index in [4.69, 9.17) is 10.5 Å². The lowest BCUT2D eigenvalue weighted by atomic mass is 9.98. The number of nitrogen functional groups attached to an aromatic ring is 1. The summed E-state index contributed by atoms with van der Waals surface area (Å²) in [6.45, 7) is 6.81. The molecule has 0 bridgehead atoms. The van der Waals surface area contributed by atoms with Gasteiger partial charge >= 0.3 is 6.09 Å². The molecule has 5 heteroatoms. The quantitative estimate of drug-likeness (QED) is 0.744. The van der Waals surface area contributed by atoms with Crippen LogP contribution < -0.4 is 5.73 Å². The topological polar surface area (TPSA) is 55.6 Å². The van der Waals surface area contributed by atoms with Crippen LogP contribution in [0.5, 0.6) is 0 Å². The SMILES string of the molecule is CC(C)(C)OC(=O)N1CCc2c(N)cc(Br)cc2C1. The first kappa shape index (κ1) is 14.2. The summed E-state index contributed by atoms with van der Waals surface area (Å²) in [7, 11) is 0. The Labute approximate surface area is 122 Å². The number of halogens is 1. The molecule has 0 spiro atoms. The van der Waals surface area contributed by atoms with E-state index in [-0.39, 0.29) is 6.09 Å². The number of hydrogen-bond acceptors (Lipinski definition) is 3. The highest BCUT2D eigenvalue weighted by Crippen LogP contribution is 2.29. The molecule has 1 aliphatic rings. The fraction of sp³-hybridized carbons (Fsp3) is 0.500. The summed E-state index contributed by atoms with van der Waals surface area (Å²) in [5, 5.41) is 0. The zero-order chi connectivity index (χ0) is 14.2. The standard InChI is InChI=1S/C14H19BrN2O2/c1-14(2,3)19-13(18)17-5-4-11-9(8-17)6-10(15)7-12(11)16/h6-7H,4-5,8,16H2,1-3H3. The fourth-order valence-corrected chi connectivity index (χ4v) is 2.70. The van der Waals surface area contributed by atoms with Gasteiger partial charge < -0.3 is 15.4 Å². The molecule has 2 rings (SSSR count). The fourth-order valence-electron chi connectivity index (χ4n) is 2.18. The first-order valence-electron chi connectivity index (χ1n) is 6.31. The van der Waals surface area contributed by atoms with Gasteiger partial charge in [-0.1, -0.05) is 15.9 Å². The van der Waals surface area contributed by atoms with Gasteiger partial charge in [0.05, 0.1) is 0 Å². The van der Waals surface area contributed by atoms with Gasteiger partial charge in [-0.2, -0.15) is 0 Å². The Bertz CT molecular complexity index is 509. The van der Waals surface area contributed by atoms with Crippen molar-refractivity contribution in [3.63, 3.8) is 0 Å². The first-order chi connectivity index (χ1) is 8.76. The number of anilines is 1. The van der Waals surface area contributed by atoms with Crippen molar-refractivity contribution < 1.29 is 9.53 Å². The van der Waals surface area contributed by atoms with Gasteiger partial charge in [0.1, 0.15) is 5.60 Å². The molecule has 0 saturated carbocycles. The molecule has 0 aliphatic carbocycles. The maximum Gasteiger partial charge on any atom is 0.410 e. The molecule has 1 aliphatic heterocycles. The van der Waals surface area contributed by atoms with E-state index in [1.54, 1.807) is 4.90 Å². The van der Waals surface area contributed by atoms with Gasteiger partial charge in [-0.05, 0) is 50.5 Å². The van der Waals surface area contributed by atoms with E-state index in [1.807, 2.05) is 32.9 Å². The summed E-state index contributed by atoms with van der Waals surface area (Å²) in [6, 6.07) is 3.92. The van der Waals surface area contributed by atoms with Crippen molar-refractivity contribution in [1.82, 2.24) is 4.90 Å². The Hall–Kier alpha value is -1.23. The molecule has 1 aromatic rings. The molecule has 0 atom stereocenters. The monoisotopic (exact) mass is 326 g/mol. The molecule has 0 unspecified atom stereocenters. The number of benzene rings is 1. The van der Waals surface area contributed by atoms with Crippen LogP contribution in [0.4, 0.5) is 10.5 Å². The predicted octanol–water partition coefficient (Wildman–Crippen LogP) is 3.32. The second-order valence-electron chi connectivity index (χ2n) is 5.78. The Morgan fingerprint density at radius 1 is 1.42 bits per heavy atom. The highest BCUT2D eigenvalue weighted by Gasteiger charge is 2.26. The van der Waals surface area contributed by atoms with Crippen LogP contribution in [-0.4, -0.2) is 23.1 Å². The number of carbonyl (C=O) groups is 1. The molecule has 4 nitrogen and oxygen atoms in total. The largest absolute Gasteiger partial charge is 0.444 e. The Morgan fingerprint density at radius 2 is 2.11 bits per heavy atom. The molecule has 2 N–H and O–H groups in total. The van der Waals surface area contributed by atoms with Crippen molar-refractivity contribution in [2.24, 2.45) is 0 Å². The van der Waals surface area contributed by atoms with Gasteiger partial charge in [-0.3, -0.25) is 0 Å². The van der Waals surface area contributed by atoms with E-state index in [2.05, 4.69) is 15.9 Å². The van der Waals surface area contributed by atoms with Crippen LogP contribution in [0, 0.1) is 0 Å². The lowest BCUT2D eigenvalue weighted by Gasteiger charge is -2.31. The van der Waals surface area contributed by atoms with Crippen molar-refractivity contribution in [2.75, 3.05) is 12.3 Å². The minimum atomic E-state index is -0.465. The molecule has 104 valence electrons. The lowest BCUT2D eigenvalue weighted by Crippen LogP contribution is -2.40. The van der Waals surface area contributed by atoms with E-state index in [1.165, 1.54) is 0 Å². The van der Waals surface area contributed by atoms with Crippen LogP contribution >= 0.6 is 15.9 Å². The average molecular weight is 327 g/mol. The highest BCUT2D eigenvalue weighted by atomic mass is 79.9. The molecule has 1 amide bonds. The number of nitrogens with two attached hydrogens (primary N) is 1. The second kappa shape index (κ2) is 5.04. The van der Waals surface area contributed by atoms with E-state index >= 15 is 0 Å². The van der Waals surface area contributed by atoms with Crippen LogP contribution in [0.2, 0.25) is 0 Å². The van der Waals surface area contributed by atoms with Gasteiger partial charge in [0.15, 0.2) is 0 Å². The predicted molar refractivity (Wildman–Crippen MR) is 78.9 cm³/mol. The zero-order valence-electron chi connectivity index (χ0n) is 11.5. The van der Waals surface area contributed by atoms with E-state index in [0.717, 1.165) is 27.7 Å². The zero-order valence-corrected chi connectivity index (χ0v) is 13.1. The maximum absolute atomic E-state index is 12.1. The van der Waals surface area contributed by atoms with Gasteiger partial charge in [0.25, 0.3) is 0 Å². The smallest absolute Gasteiger partial charge is 0.410 e. The van der Waals surface area contributed by atoms with Crippen LogP contribution in [-0.2, 0) is 17.7 Å². The molecule has 19 heavy (non-hydrogen) atoms. The third-order valence-corrected chi connectivity index (χ3v) is 3.44. The highest BCUT2D eigenvalue weighted by molar-refractivity contribution is 9.10. The van der Waals surface area contributed by atoms with Crippen LogP contribution in [0.3, 0.4) is 0 Å². The van der Waals surface area contributed by atoms with Crippen molar-refractivity contribution in [3.8, 4) is 0 Å². The van der Waals surface area contributed by atoms with E-state index in [9.17, 15) is 4.79 Å². The number of rotatable bonds is 0. The minimum Gasteiger partial charge on any atom is -0.444 e. The number of amides is 1. The van der Waals surface area contributed by atoms with Gasteiger partial charge in [-0.15, -0.1) is 0 Å². The average Bonchev–Trinajstić information content (AvgIpc) is 2.25. The summed E-state index contributed by atoms with van der Waals surface area (Å²) in [4.78, 5) is 13.8. The number of nitrogens with zero attached hydrogens (tertiary/aromatic N) is 1. The van der Waals surface area contributed by atoms with Crippen molar-refractivity contribution in [3.05, 3.63) is 27.7 Å².